The molecule has 0 saturated carbocycles. The Morgan fingerprint density at radius 3 is 2.39 bits per heavy atom. The van der Waals surface area contributed by atoms with Crippen LogP contribution in [-0.4, -0.2) is 19.2 Å². The van der Waals surface area contributed by atoms with E-state index in [-0.39, 0.29) is 6.10 Å². The zero-order valence-corrected chi connectivity index (χ0v) is 17.0. The molecule has 0 bridgehead atoms. The highest BCUT2D eigenvalue weighted by Crippen LogP contribution is 2.18. The molecular formula is C19H29NOSSi. The van der Waals surface area contributed by atoms with Crippen LogP contribution in [-0.2, 0) is 4.74 Å². The van der Waals surface area contributed by atoms with Crippen LogP contribution in [0.5, 0.6) is 0 Å². The first-order chi connectivity index (χ1) is 10.8. The second-order valence-electron chi connectivity index (χ2n) is 6.97. The zero-order valence-electron chi connectivity index (χ0n) is 15.2. The number of hydrogen-bond acceptors (Lipinski definition) is 3. The lowest BCUT2D eigenvalue weighted by Gasteiger charge is -2.18. The molecule has 0 aliphatic carbocycles. The standard InChI is InChI=1S/C19H29NOSSi/c1-7-18(15-16(2)3)21-19(13-14-22-23(4,5)6)20-17-11-9-8-10-12-17/h8-12,16,18H,7,15H2,1-6H3. The summed E-state index contributed by atoms with van der Waals surface area (Å²) in [7, 11) is -1.26. The van der Waals surface area contributed by atoms with Crippen molar-refractivity contribution in [1.29, 1.82) is 0 Å². The summed E-state index contributed by atoms with van der Waals surface area (Å²) in [6, 6.07) is 9.89. The summed E-state index contributed by atoms with van der Waals surface area (Å²) in [5.41, 5.74) is 0.884. The van der Waals surface area contributed by atoms with E-state index >= 15 is 0 Å². The van der Waals surface area contributed by atoms with E-state index in [9.17, 15) is 0 Å². The van der Waals surface area contributed by atoms with Crippen LogP contribution in [0.1, 0.15) is 33.6 Å². The Morgan fingerprint density at radius 2 is 1.87 bits per heavy atom. The molecule has 23 heavy (non-hydrogen) atoms. The van der Waals surface area contributed by atoms with Crippen LogP contribution in [0.15, 0.2) is 35.3 Å². The highest BCUT2D eigenvalue weighted by Gasteiger charge is 2.14. The molecule has 4 heteroatoms. The summed E-state index contributed by atoms with van der Waals surface area (Å²) in [6.45, 7) is 13.4. The average molecular weight is 348 g/mol. The molecule has 2 nitrogen and oxygen atoms in total. The Bertz CT molecular complexity index is 552. The maximum absolute atomic E-state index is 6.11. The third-order valence-electron chi connectivity index (χ3n) is 2.97. The number of ether oxygens (including phenoxy) is 1. The molecule has 0 N–H and O–H groups in total. The molecule has 0 spiro atoms. The summed E-state index contributed by atoms with van der Waals surface area (Å²) >= 11 is 1.74. The van der Waals surface area contributed by atoms with Crippen LogP contribution in [0.2, 0.25) is 19.6 Å². The van der Waals surface area contributed by atoms with Gasteiger partial charge in [0.2, 0.25) is 0 Å². The van der Waals surface area contributed by atoms with Gasteiger partial charge < -0.3 is 4.74 Å². The van der Waals surface area contributed by atoms with E-state index in [0.29, 0.717) is 11.8 Å². The minimum absolute atomic E-state index is 0.170. The third-order valence-corrected chi connectivity index (χ3v) is 5.93. The van der Waals surface area contributed by atoms with Gasteiger partial charge in [0.25, 0.3) is 5.90 Å². The predicted molar refractivity (Wildman–Crippen MR) is 107 cm³/mol. The molecule has 1 rings (SSSR count). The molecule has 1 aromatic carbocycles. The van der Waals surface area contributed by atoms with Crippen molar-refractivity contribution in [2.75, 3.05) is 0 Å². The molecule has 0 aromatic heterocycles. The van der Waals surface area contributed by atoms with Crippen LogP contribution in [0.25, 0.3) is 0 Å². The van der Waals surface area contributed by atoms with E-state index in [1.807, 2.05) is 30.3 Å². The van der Waals surface area contributed by atoms with Crippen LogP contribution < -0.4 is 0 Å². The summed E-state index contributed by atoms with van der Waals surface area (Å²) in [5.74, 6) is 4.27. The first-order valence-electron chi connectivity index (χ1n) is 8.29. The second-order valence-corrected chi connectivity index (χ2v) is 15.9. The molecule has 1 unspecified atom stereocenters. The van der Waals surface area contributed by atoms with Crippen molar-refractivity contribution < 1.29 is 4.74 Å². The van der Waals surface area contributed by atoms with Gasteiger partial charge in [0, 0.05) is 5.92 Å². The smallest absolute Gasteiger partial charge is 0.269 e. The number of aliphatic imine (C=N–C) groups is 1. The van der Waals surface area contributed by atoms with Gasteiger partial charge in [-0.2, -0.15) is 0 Å². The third kappa shape index (κ3) is 9.53. The van der Waals surface area contributed by atoms with Crippen molar-refractivity contribution in [2.45, 2.75) is 59.4 Å². The van der Waals surface area contributed by atoms with Gasteiger partial charge in [-0.05, 0) is 36.1 Å². The maximum atomic E-state index is 6.11. The van der Waals surface area contributed by atoms with Crippen LogP contribution in [0, 0.1) is 17.1 Å². The maximum Gasteiger partial charge on any atom is 0.269 e. The highest BCUT2D eigenvalue weighted by molar-refractivity contribution is 8.32. The average Bonchev–Trinajstić information content (AvgIpc) is 2.45. The number of hydrogen-bond donors (Lipinski definition) is 0. The van der Waals surface area contributed by atoms with Gasteiger partial charge in [0.15, 0.2) is 0 Å². The van der Waals surface area contributed by atoms with Gasteiger partial charge in [-0.1, -0.05) is 58.6 Å². The Morgan fingerprint density at radius 1 is 1.22 bits per heavy atom. The fourth-order valence-corrected chi connectivity index (χ4v) is 3.42. The van der Waals surface area contributed by atoms with E-state index < -0.39 is 7.22 Å². The lowest BCUT2D eigenvalue weighted by Crippen LogP contribution is -2.18. The minimum Gasteiger partial charge on any atom is -0.468 e. The van der Waals surface area contributed by atoms with Gasteiger partial charge in [-0.25, -0.2) is 4.99 Å². The molecule has 0 saturated heterocycles. The normalized spacial score (nSPS) is 13.4. The summed E-state index contributed by atoms with van der Waals surface area (Å²) < 4.78 is 6.11. The van der Waals surface area contributed by atoms with E-state index in [0.717, 1.165) is 18.5 Å². The Balaban J connectivity index is 2.94. The molecule has 126 valence electrons. The molecule has 0 amide bonds. The lowest BCUT2D eigenvalue weighted by molar-refractivity contribution is 0.160. The highest BCUT2D eigenvalue weighted by atomic mass is 32.4. The summed E-state index contributed by atoms with van der Waals surface area (Å²) in [4.78, 5) is 4.60. The van der Waals surface area contributed by atoms with Gasteiger partial charge in [-0.15, -0.1) is 11.2 Å². The number of nitrogens with zero attached hydrogens (tertiary/aromatic N) is 1. The monoisotopic (exact) mass is 347 g/mol. The minimum atomic E-state index is -1.26. The lowest BCUT2D eigenvalue weighted by atomic mass is 10.0. The first-order valence-corrected chi connectivity index (χ1v) is 13.3. The van der Waals surface area contributed by atoms with Crippen molar-refractivity contribution in [1.82, 2.24) is 0 Å². The quantitative estimate of drug-likeness (QED) is 0.269. The Hall–Kier alpha value is -1.18. The van der Waals surface area contributed by atoms with Gasteiger partial charge in [-0.3, -0.25) is 0 Å². The number of rotatable bonds is 6. The van der Waals surface area contributed by atoms with Crippen molar-refractivity contribution in [3.63, 3.8) is 0 Å². The van der Waals surface area contributed by atoms with E-state index in [2.05, 4.69) is 56.6 Å². The molecular weight excluding hydrogens is 318 g/mol. The SMILES string of the molecule is CCC(CC(C)C)OC(C#CS[Si](C)(C)C)=Nc1ccccc1. The van der Waals surface area contributed by atoms with Crippen LogP contribution in [0.3, 0.4) is 0 Å². The molecule has 1 aromatic rings. The topological polar surface area (TPSA) is 21.6 Å². The summed E-state index contributed by atoms with van der Waals surface area (Å²) in [6.07, 6.45) is 2.16. The van der Waals surface area contributed by atoms with E-state index in [1.165, 1.54) is 0 Å². The molecule has 0 aliphatic rings. The van der Waals surface area contributed by atoms with Gasteiger partial charge in [0.1, 0.15) is 13.3 Å². The predicted octanol–water partition coefficient (Wildman–Crippen LogP) is 6.09. The van der Waals surface area contributed by atoms with Crippen molar-refractivity contribution in [2.24, 2.45) is 10.9 Å². The number of benzene rings is 1. The van der Waals surface area contributed by atoms with Crippen molar-refractivity contribution in [3.8, 4) is 11.2 Å². The molecule has 0 radical (unpaired) electrons. The first kappa shape index (κ1) is 19.9. The van der Waals surface area contributed by atoms with E-state index in [1.54, 1.807) is 11.2 Å². The van der Waals surface area contributed by atoms with Crippen molar-refractivity contribution >= 4 is 30.0 Å². The molecule has 0 heterocycles. The molecule has 0 fully saturated rings. The van der Waals surface area contributed by atoms with E-state index in [4.69, 9.17) is 4.74 Å². The van der Waals surface area contributed by atoms with Crippen LogP contribution in [0.4, 0.5) is 5.69 Å². The fourth-order valence-electron chi connectivity index (χ4n) is 1.91. The zero-order chi connectivity index (χ0) is 17.3. The van der Waals surface area contributed by atoms with Crippen molar-refractivity contribution in [3.05, 3.63) is 30.3 Å². The fraction of sp³-hybridized carbons (Fsp3) is 0.526. The number of para-hydroxylation sites is 1. The van der Waals surface area contributed by atoms with Crippen LogP contribution >= 0.6 is 11.2 Å². The van der Waals surface area contributed by atoms with Gasteiger partial charge in [0.05, 0.1) is 5.69 Å². The van der Waals surface area contributed by atoms with Gasteiger partial charge >= 0.3 is 0 Å². The Kier molecular flexibility index (Phi) is 8.50. The summed E-state index contributed by atoms with van der Waals surface area (Å²) in [5, 5.41) is 3.20. The molecule has 1 atom stereocenters. The second kappa shape index (κ2) is 9.84. The largest absolute Gasteiger partial charge is 0.468 e. The molecule has 0 aliphatic heterocycles. The Labute approximate surface area is 146 Å².